The van der Waals surface area contributed by atoms with Crippen LogP contribution in [0.1, 0.15) is 59.9 Å². The van der Waals surface area contributed by atoms with Crippen LogP contribution in [0.2, 0.25) is 0 Å². The Balaban J connectivity index is 1.09. The van der Waals surface area contributed by atoms with Gasteiger partial charge < -0.3 is 25.8 Å². The second-order valence-corrected chi connectivity index (χ2v) is 12.2. The first-order valence-electron chi connectivity index (χ1n) is 14.8. The summed E-state index contributed by atoms with van der Waals surface area (Å²) in [6.07, 6.45) is 11.1. The van der Waals surface area contributed by atoms with Crippen molar-refractivity contribution in [3.8, 4) is 11.3 Å². The fourth-order valence-electron chi connectivity index (χ4n) is 6.32. The first-order chi connectivity index (χ1) is 20.7. The molecule has 0 aliphatic heterocycles. The Morgan fingerprint density at radius 2 is 2.00 bits per heavy atom. The van der Waals surface area contributed by atoms with E-state index in [1.54, 1.807) is 18.2 Å². The second-order valence-electron chi connectivity index (χ2n) is 12.2. The first kappa shape index (κ1) is 28.5. The Bertz CT molecular complexity index is 1710. The molecule has 4 aromatic rings. The molecule has 4 N–H and O–H groups in total. The molecule has 0 bridgehead atoms. The van der Waals surface area contributed by atoms with E-state index in [1.165, 1.54) is 23.2 Å². The molecule has 1 aromatic carbocycles. The van der Waals surface area contributed by atoms with E-state index in [0.29, 0.717) is 23.9 Å². The zero-order chi connectivity index (χ0) is 30.1. The van der Waals surface area contributed by atoms with Crippen LogP contribution >= 0.6 is 0 Å². The zero-order valence-corrected chi connectivity index (χ0v) is 25.1. The molecule has 0 spiro atoms. The molecule has 0 unspecified atom stereocenters. The molecule has 2 aliphatic rings. The number of benzene rings is 1. The lowest BCUT2D eigenvalue weighted by Crippen LogP contribution is -2.51. The topological polar surface area (TPSA) is 128 Å². The lowest BCUT2D eigenvalue weighted by atomic mass is 9.80. The van der Waals surface area contributed by atoms with Gasteiger partial charge in [-0.15, -0.1) is 0 Å². The van der Waals surface area contributed by atoms with Gasteiger partial charge in [-0.3, -0.25) is 9.59 Å². The average molecular weight is 579 g/mol. The van der Waals surface area contributed by atoms with Crippen molar-refractivity contribution in [2.75, 3.05) is 31.3 Å². The summed E-state index contributed by atoms with van der Waals surface area (Å²) in [7, 11) is 3.87. The minimum absolute atomic E-state index is 0.117. The molecule has 1 saturated carbocycles. The number of H-pyrrole nitrogens is 1. The van der Waals surface area contributed by atoms with E-state index in [0.717, 1.165) is 60.1 Å². The summed E-state index contributed by atoms with van der Waals surface area (Å²) in [6, 6.07) is 9.83. The third kappa shape index (κ3) is 6.15. The number of amides is 2. The quantitative estimate of drug-likeness (QED) is 0.194. The van der Waals surface area contributed by atoms with Gasteiger partial charge in [0.2, 0.25) is 11.9 Å². The number of nitrogens with one attached hydrogen (secondary N) is 4. The van der Waals surface area contributed by atoms with Crippen LogP contribution in [0.5, 0.6) is 0 Å². The molecule has 1 fully saturated rings. The van der Waals surface area contributed by atoms with E-state index >= 15 is 0 Å². The number of rotatable bonds is 8. The van der Waals surface area contributed by atoms with Crippen molar-refractivity contribution >= 4 is 34.4 Å². The highest BCUT2D eigenvalue weighted by molar-refractivity contribution is 6.02. The largest absolute Gasteiger partial charge is 0.358 e. The summed E-state index contributed by atoms with van der Waals surface area (Å²) in [5.41, 5.74) is 7.28. The number of hydrogen-bond acceptors (Lipinski definition) is 7. The van der Waals surface area contributed by atoms with Gasteiger partial charge in [-0.1, -0.05) is 18.2 Å². The Morgan fingerprint density at radius 1 is 1.14 bits per heavy atom. The fourth-order valence-corrected chi connectivity index (χ4v) is 6.32. The number of carbonyl (C=O) groups is 2. The predicted molar refractivity (Wildman–Crippen MR) is 169 cm³/mol. The normalized spacial score (nSPS) is 19.4. The fraction of sp³-hybridized carbons (Fsp3) is 0.364. The molecule has 2 aliphatic carbocycles. The van der Waals surface area contributed by atoms with Crippen molar-refractivity contribution in [3.05, 3.63) is 77.4 Å². The molecule has 2 atom stereocenters. The lowest BCUT2D eigenvalue weighted by Gasteiger charge is -2.39. The van der Waals surface area contributed by atoms with E-state index in [9.17, 15) is 9.59 Å². The minimum Gasteiger partial charge on any atom is -0.358 e. The number of aromatic amines is 1. The Hall–Kier alpha value is -4.57. The monoisotopic (exact) mass is 578 g/mol. The number of aryl methyl sites for hydroxylation is 1. The maximum absolute atomic E-state index is 13.2. The van der Waals surface area contributed by atoms with Crippen molar-refractivity contribution in [2.24, 2.45) is 0 Å². The third-order valence-corrected chi connectivity index (χ3v) is 8.31. The number of aromatic nitrogens is 4. The van der Waals surface area contributed by atoms with Gasteiger partial charge in [0, 0.05) is 64.5 Å². The Labute approximate surface area is 251 Å². The van der Waals surface area contributed by atoms with Crippen LogP contribution in [0.25, 0.3) is 22.2 Å². The SMILES string of the molecule is Cc1[nH]c2cccc3c2c1-c1nc(N[C@@H]2CCC[C@](C)(NC(=O)c4ccc(NC(=O)/C=C/CN(C)C)cn4)C2)ncc1C3. The van der Waals surface area contributed by atoms with Crippen molar-refractivity contribution in [2.45, 2.75) is 57.5 Å². The molecular weight excluding hydrogens is 540 g/mol. The van der Waals surface area contributed by atoms with Crippen molar-refractivity contribution < 1.29 is 9.59 Å². The number of anilines is 2. The molecule has 3 aromatic heterocycles. The first-order valence-corrected chi connectivity index (χ1v) is 14.8. The highest BCUT2D eigenvalue weighted by Crippen LogP contribution is 2.41. The van der Waals surface area contributed by atoms with E-state index in [1.807, 2.05) is 25.2 Å². The highest BCUT2D eigenvalue weighted by Gasteiger charge is 2.34. The van der Waals surface area contributed by atoms with Crippen molar-refractivity contribution in [3.63, 3.8) is 0 Å². The maximum atomic E-state index is 13.2. The van der Waals surface area contributed by atoms with Crippen LogP contribution in [0.4, 0.5) is 11.6 Å². The molecule has 10 nitrogen and oxygen atoms in total. The number of nitrogens with zero attached hydrogens (tertiary/aromatic N) is 4. The smallest absolute Gasteiger partial charge is 0.270 e. The predicted octanol–water partition coefficient (Wildman–Crippen LogP) is 4.83. The van der Waals surface area contributed by atoms with Crippen LogP contribution in [0.3, 0.4) is 0 Å². The van der Waals surface area contributed by atoms with Gasteiger partial charge >= 0.3 is 0 Å². The van der Waals surface area contributed by atoms with Crippen molar-refractivity contribution in [1.82, 2.24) is 30.2 Å². The number of hydrogen-bond donors (Lipinski definition) is 4. The van der Waals surface area contributed by atoms with Crippen LogP contribution in [0.15, 0.2) is 54.9 Å². The highest BCUT2D eigenvalue weighted by atomic mass is 16.2. The van der Waals surface area contributed by atoms with E-state index in [4.69, 9.17) is 4.98 Å². The molecule has 0 radical (unpaired) electrons. The lowest BCUT2D eigenvalue weighted by molar-refractivity contribution is -0.111. The van der Waals surface area contributed by atoms with Gasteiger partial charge in [0.25, 0.3) is 5.91 Å². The van der Waals surface area contributed by atoms with Gasteiger partial charge in [-0.25, -0.2) is 15.0 Å². The number of pyridine rings is 1. The number of carbonyl (C=O) groups excluding carboxylic acids is 2. The van der Waals surface area contributed by atoms with Crippen LogP contribution in [-0.4, -0.2) is 68.9 Å². The molecule has 222 valence electrons. The third-order valence-electron chi connectivity index (χ3n) is 8.31. The minimum atomic E-state index is -0.407. The van der Waals surface area contributed by atoms with Crippen LogP contribution < -0.4 is 16.0 Å². The zero-order valence-electron chi connectivity index (χ0n) is 25.1. The van der Waals surface area contributed by atoms with E-state index in [-0.39, 0.29) is 17.9 Å². The van der Waals surface area contributed by atoms with Crippen LogP contribution in [0, 0.1) is 6.92 Å². The summed E-state index contributed by atoms with van der Waals surface area (Å²) in [4.78, 5) is 44.7. The van der Waals surface area contributed by atoms with Gasteiger partial charge in [0.15, 0.2) is 0 Å². The molecule has 43 heavy (non-hydrogen) atoms. The summed E-state index contributed by atoms with van der Waals surface area (Å²) >= 11 is 0. The van der Waals surface area contributed by atoms with E-state index in [2.05, 4.69) is 62.9 Å². The second kappa shape index (κ2) is 11.6. The molecule has 3 heterocycles. The van der Waals surface area contributed by atoms with Gasteiger partial charge in [-0.05, 0) is 77.4 Å². The summed E-state index contributed by atoms with van der Waals surface area (Å²) in [6.45, 7) is 4.85. The number of likely N-dealkylation sites (N-methyl/N-ethyl adjacent to an activating group) is 1. The van der Waals surface area contributed by atoms with Gasteiger partial charge in [0.05, 0.1) is 17.6 Å². The molecule has 10 heteroatoms. The van der Waals surface area contributed by atoms with Crippen LogP contribution in [-0.2, 0) is 11.2 Å². The Morgan fingerprint density at radius 3 is 2.79 bits per heavy atom. The molecular formula is C33H38N8O2. The van der Waals surface area contributed by atoms with Crippen molar-refractivity contribution in [1.29, 1.82) is 0 Å². The molecule has 6 rings (SSSR count). The average Bonchev–Trinajstić information content (AvgIpc) is 3.30. The standard InChI is InChI=1S/C33H38N8O2/c1-20-28-29-21(8-5-10-25(29)36-20)16-22-18-35-32(39-30(22)28)38-23-9-6-14-33(2,17-23)40-31(43)26-13-12-24(19-34-26)37-27(42)11-7-15-41(3)4/h5,7-8,10-13,18-19,23,36H,6,9,14-17H2,1-4H3,(H,37,42)(H,40,43)(H,35,38,39)/b11-7+/t23-,33+/m1/s1. The summed E-state index contributed by atoms with van der Waals surface area (Å²) in [5.74, 6) is 0.143. The summed E-state index contributed by atoms with van der Waals surface area (Å²) < 4.78 is 0. The van der Waals surface area contributed by atoms with Gasteiger partial charge in [0.1, 0.15) is 5.69 Å². The molecule has 0 saturated heterocycles. The maximum Gasteiger partial charge on any atom is 0.270 e. The van der Waals surface area contributed by atoms with Gasteiger partial charge in [-0.2, -0.15) is 0 Å². The number of fused-ring (bicyclic) bond motifs is 2. The summed E-state index contributed by atoms with van der Waals surface area (Å²) in [5, 5.41) is 10.8. The molecule has 2 amide bonds. The Kier molecular flexibility index (Phi) is 7.70. The van der Waals surface area contributed by atoms with E-state index < -0.39 is 5.54 Å².